The first-order valence-corrected chi connectivity index (χ1v) is 12.5. The number of amides is 2. The van der Waals surface area contributed by atoms with Crippen LogP contribution in [0.3, 0.4) is 0 Å². The number of sulfonamides is 1. The third kappa shape index (κ3) is 5.60. The molecular formula is C23H18F3N3O4S2. The third-order valence-corrected chi connectivity index (χ3v) is 7.57. The first-order chi connectivity index (χ1) is 16.4. The van der Waals surface area contributed by atoms with Gasteiger partial charge in [-0.2, -0.15) is 13.2 Å². The number of hydrogen-bond acceptors (Lipinski definition) is 5. The molecule has 2 amide bonds. The molecule has 0 saturated carbocycles. The van der Waals surface area contributed by atoms with E-state index < -0.39 is 27.7 Å². The van der Waals surface area contributed by atoms with Crippen molar-refractivity contribution in [3.8, 4) is 0 Å². The van der Waals surface area contributed by atoms with Crippen LogP contribution in [-0.2, 0) is 21.0 Å². The molecule has 35 heavy (non-hydrogen) atoms. The Labute approximate surface area is 203 Å². The molecule has 1 heterocycles. The fourth-order valence-electron chi connectivity index (χ4n) is 3.27. The summed E-state index contributed by atoms with van der Waals surface area (Å²) in [4.78, 5) is 25.2. The van der Waals surface area contributed by atoms with E-state index in [1.54, 1.807) is 19.1 Å². The van der Waals surface area contributed by atoms with Gasteiger partial charge in [-0.3, -0.25) is 14.3 Å². The molecule has 0 bridgehead atoms. The molecule has 3 aromatic rings. The van der Waals surface area contributed by atoms with Crippen LogP contribution in [0.4, 0.5) is 30.2 Å². The summed E-state index contributed by atoms with van der Waals surface area (Å²) < 4.78 is 66.4. The lowest BCUT2D eigenvalue weighted by Crippen LogP contribution is -2.26. The fraction of sp³-hybridized carbons (Fsp3) is 0.130. The summed E-state index contributed by atoms with van der Waals surface area (Å²) in [5, 5.41) is 5.07. The van der Waals surface area contributed by atoms with Gasteiger partial charge in [-0.1, -0.05) is 12.1 Å². The summed E-state index contributed by atoms with van der Waals surface area (Å²) in [5.74, 6) is -0.711. The van der Waals surface area contributed by atoms with Gasteiger partial charge in [0.2, 0.25) is 5.91 Å². The molecule has 0 fully saturated rings. The number of anilines is 3. The second kappa shape index (κ2) is 9.27. The minimum atomic E-state index is -4.62. The van der Waals surface area contributed by atoms with Gasteiger partial charge in [-0.05, 0) is 61.5 Å². The van der Waals surface area contributed by atoms with Crippen LogP contribution in [0.1, 0.15) is 22.8 Å². The molecule has 0 aromatic heterocycles. The second-order valence-electron chi connectivity index (χ2n) is 7.63. The predicted molar refractivity (Wildman–Crippen MR) is 127 cm³/mol. The highest BCUT2D eigenvalue weighted by Gasteiger charge is 2.31. The number of halogens is 3. The molecule has 1 aliphatic rings. The van der Waals surface area contributed by atoms with E-state index >= 15 is 0 Å². The van der Waals surface area contributed by atoms with Gasteiger partial charge in [0.05, 0.1) is 21.4 Å². The van der Waals surface area contributed by atoms with Gasteiger partial charge in [0.25, 0.3) is 15.9 Å². The largest absolute Gasteiger partial charge is 0.416 e. The van der Waals surface area contributed by atoms with Crippen LogP contribution in [0.2, 0.25) is 0 Å². The number of carbonyl (C=O) groups excluding carboxylic acids is 2. The maximum atomic E-state index is 12.9. The lowest BCUT2D eigenvalue weighted by Gasteiger charge is -2.21. The van der Waals surface area contributed by atoms with Crippen LogP contribution in [0.15, 0.2) is 76.5 Å². The minimum Gasteiger partial charge on any atom is -0.324 e. The Balaban J connectivity index is 1.52. The molecule has 3 aromatic carbocycles. The van der Waals surface area contributed by atoms with Crippen molar-refractivity contribution in [2.24, 2.45) is 0 Å². The van der Waals surface area contributed by atoms with Crippen molar-refractivity contribution in [1.29, 1.82) is 0 Å². The predicted octanol–water partition coefficient (Wildman–Crippen LogP) is 5.19. The minimum absolute atomic E-state index is 0.159. The summed E-state index contributed by atoms with van der Waals surface area (Å²) in [5.41, 5.74) is -0.334. The van der Waals surface area contributed by atoms with E-state index in [4.69, 9.17) is 0 Å². The van der Waals surface area contributed by atoms with E-state index in [2.05, 4.69) is 15.4 Å². The van der Waals surface area contributed by atoms with Crippen molar-refractivity contribution in [3.05, 3.63) is 77.9 Å². The van der Waals surface area contributed by atoms with Crippen molar-refractivity contribution in [2.45, 2.75) is 28.1 Å². The summed E-state index contributed by atoms with van der Waals surface area (Å²) in [6, 6.07) is 13.9. The number of carbonyl (C=O) groups is 2. The second-order valence-corrected chi connectivity index (χ2v) is 10.7. The molecular weight excluding hydrogens is 503 g/mol. The molecule has 0 spiro atoms. The number of alkyl halides is 3. The van der Waals surface area contributed by atoms with Crippen molar-refractivity contribution >= 4 is 50.7 Å². The van der Waals surface area contributed by atoms with Gasteiger partial charge >= 0.3 is 6.18 Å². The Morgan fingerprint density at radius 2 is 1.71 bits per heavy atom. The average molecular weight is 522 g/mol. The molecule has 182 valence electrons. The third-order valence-electron chi connectivity index (χ3n) is 5.02. The van der Waals surface area contributed by atoms with Gasteiger partial charge in [-0.25, -0.2) is 8.42 Å². The molecule has 0 saturated heterocycles. The van der Waals surface area contributed by atoms with Crippen molar-refractivity contribution in [1.82, 2.24) is 0 Å². The van der Waals surface area contributed by atoms with E-state index in [1.165, 1.54) is 48.2 Å². The molecule has 12 heteroatoms. The van der Waals surface area contributed by atoms with E-state index in [9.17, 15) is 31.2 Å². The molecule has 0 radical (unpaired) electrons. The Hall–Kier alpha value is -3.51. The number of fused-ring (bicyclic) bond motifs is 1. The first-order valence-electron chi connectivity index (χ1n) is 10.2. The Morgan fingerprint density at radius 1 is 1.00 bits per heavy atom. The van der Waals surface area contributed by atoms with E-state index in [0.717, 1.165) is 17.0 Å². The van der Waals surface area contributed by atoms with Gasteiger partial charge in [0.1, 0.15) is 0 Å². The van der Waals surface area contributed by atoms with Gasteiger partial charge in [-0.15, -0.1) is 11.8 Å². The fourth-order valence-corrected chi connectivity index (χ4v) is 5.29. The number of nitrogens with one attached hydrogen (secondary N) is 3. The quantitative estimate of drug-likeness (QED) is 0.429. The van der Waals surface area contributed by atoms with Crippen LogP contribution in [-0.4, -0.2) is 25.5 Å². The van der Waals surface area contributed by atoms with Crippen molar-refractivity contribution < 1.29 is 31.2 Å². The molecule has 1 aliphatic heterocycles. The SMILES string of the molecule is CC1Sc2ccc(C(=O)Nc3cccc(S(=O)(=O)Nc4cccc(C(F)(F)F)c4)c3)cc2NC1=O. The Morgan fingerprint density at radius 3 is 2.46 bits per heavy atom. The number of rotatable bonds is 5. The monoisotopic (exact) mass is 521 g/mol. The van der Waals surface area contributed by atoms with E-state index in [-0.39, 0.29) is 33.0 Å². The molecule has 0 aliphatic carbocycles. The van der Waals surface area contributed by atoms with Crippen molar-refractivity contribution in [2.75, 3.05) is 15.4 Å². The maximum absolute atomic E-state index is 12.9. The summed E-state index contributed by atoms with van der Waals surface area (Å²) in [6.45, 7) is 1.77. The van der Waals surface area contributed by atoms with Crippen LogP contribution in [0.25, 0.3) is 0 Å². The smallest absolute Gasteiger partial charge is 0.324 e. The van der Waals surface area contributed by atoms with E-state index in [1.807, 2.05) is 0 Å². The zero-order valence-corrected chi connectivity index (χ0v) is 19.6. The standard InChI is InChI=1S/C23H18F3N3O4S2/c1-13-21(30)28-19-10-14(8-9-20(19)34-13)22(31)27-16-5-3-7-18(12-16)35(32,33)29-17-6-2-4-15(11-17)23(24,25)26/h2-13,29H,1H3,(H,27,31)(H,28,30). The van der Waals surface area contributed by atoms with Gasteiger partial charge < -0.3 is 10.6 Å². The van der Waals surface area contributed by atoms with Crippen LogP contribution >= 0.6 is 11.8 Å². The number of hydrogen-bond donors (Lipinski definition) is 3. The maximum Gasteiger partial charge on any atom is 0.416 e. The first kappa shape index (κ1) is 24.6. The summed E-state index contributed by atoms with van der Waals surface area (Å²) in [6.07, 6.45) is -4.62. The molecule has 4 rings (SSSR count). The van der Waals surface area contributed by atoms with Crippen LogP contribution < -0.4 is 15.4 Å². The molecule has 3 N–H and O–H groups in total. The summed E-state index contributed by atoms with van der Waals surface area (Å²) >= 11 is 1.37. The lowest BCUT2D eigenvalue weighted by molar-refractivity contribution is -0.137. The highest BCUT2D eigenvalue weighted by molar-refractivity contribution is 8.01. The average Bonchev–Trinajstić information content (AvgIpc) is 2.79. The topological polar surface area (TPSA) is 104 Å². The van der Waals surface area contributed by atoms with E-state index in [0.29, 0.717) is 11.8 Å². The normalized spacial score (nSPS) is 15.7. The number of benzene rings is 3. The lowest BCUT2D eigenvalue weighted by atomic mass is 10.1. The van der Waals surface area contributed by atoms with Crippen LogP contribution in [0, 0.1) is 0 Å². The Bertz CT molecular complexity index is 1430. The van der Waals surface area contributed by atoms with Gasteiger partial charge in [0.15, 0.2) is 0 Å². The highest BCUT2D eigenvalue weighted by atomic mass is 32.2. The molecule has 1 unspecified atom stereocenters. The van der Waals surface area contributed by atoms with Gasteiger partial charge in [0, 0.05) is 21.8 Å². The highest BCUT2D eigenvalue weighted by Crippen LogP contribution is 2.36. The number of thioether (sulfide) groups is 1. The summed E-state index contributed by atoms with van der Waals surface area (Å²) in [7, 11) is -4.24. The zero-order valence-electron chi connectivity index (χ0n) is 18.0. The molecule has 7 nitrogen and oxygen atoms in total. The van der Waals surface area contributed by atoms with Crippen LogP contribution in [0.5, 0.6) is 0 Å². The van der Waals surface area contributed by atoms with Crippen molar-refractivity contribution in [3.63, 3.8) is 0 Å². The zero-order chi connectivity index (χ0) is 25.4. The Kier molecular flexibility index (Phi) is 6.52. The molecule has 1 atom stereocenters.